The van der Waals surface area contributed by atoms with Crippen LogP contribution in [0, 0.1) is 0 Å². The molecule has 0 amide bonds. The van der Waals surface area contributed by atoms with Gasteiger partial charge in [0.05, 0.1) is 5.69 Å². The molecular formula is C16H22N2O2. The topological polar surface area (TPSA) is 33.7 Å². The molecule has 1 N–H and O–H groups in total. The van der Waals surface area contributed by atoms with Crippen LogP contribution in [0.5, 0.6) is 0 Å². The van der Waals surface area contributed by atoms with Crippen LogP contribution in [0.1, 0.15) is 13.8 Å². The molecule has 2 aromatic rings. The second kappa shape index (κ2) is 7.12. The van der Waals surface area contributed by atoms with Crippen molar-refractivity contribution in [3.63, 3.8) is 0 Å². The maximum absolute atomic E-state index is 5.16. The van der Waals surface area contributed by atoms with Crippen molar-refractivity contribution in [3.8, 4) is 0 Å². The SMILES string of the molecule is CCN(CC)c1ccc2ccc(NOCOC)cc2c1. The third-order valence-electron chi connectivity index (χ3n) is 3.32. The van der Waals surface area contributed by atoms with Crippen LogP contribution < -0.4 is 10.4 Å². The van der Waals surface area contributed by atoms with Gasteiger partial charge >= 0.3 is 0 Å². The summed E-state index contributed by atoms with van der Waals surface area (Å²) in [4.78, 5) is 7.49. The first-order valence-corrected chi connectivity index (χ1v) is 6.94. The van der Waals surface area contributed by atoms with Gasteiger partial charge in [-0.3, -0.25) is 5.48 Å². The Labute approximate surface area is 120 Å². The second-order valence-electron chi connectivity index (χ2n) is 4.57. The van der Waals surface area contributed by atoms with E-state index in [1.807, 2.05) is 6.07 Å². The fourth-order valence-corrected chi connectivity index (χ4v) is 2.25. The molecule has 0 aromatic heterocycles. The molecular weight excluding hydrogens is 252 g/mol. The van der Waals surface area contributed by atoms with Gasteiger partial charge in [0.15, 0.2) is 6.79 Å². The number of rotatable bonds is 7. The van der Waals surface area contributed by atoms with Gasteiger partial charge < -0.3 is 9.64 Å². The molecule has 0 bridgehead atoms. The average molecular weight is 274 g/mol. The minimum atomic E-state index is 0.220. The van der Waals surface area contributed by atoms with Gasteiger partial charge in [-0.2, -0.15) is 0 Å². The quantitative estimate of drug-likeness (QED) is 0.475. The number of hydrogen-bond donors (Lipinski definition) is 1. The minimum absolute atomic E-state index is 0.220. The fraction of sp³-hybridized carbons (Fsp3) is 0.375. The van der Waals surface area contributed by atoms with E-state index in [2.05, 4.69) is 54.6 Å². The third kappa shape index (κ3) is 3.40. The van der Waals surface area contributed by atoms with Crippen molar-refractivity contribution in [2.24, 2.45) is 0 Å². The minimum Gasteiger partial charge on any atom is -0.372 e. The molecule has 0 saturated carbocycles. The van der Waals surface area contributed by atoms with Crippen molar-refractivity contribution >= 4 is 22.1 Å². The first kappa shape index (κ1) is 14.6. The molecule has 4 heteroatoms. The molecule has 0 aliphatic rings. The highest BCUT2D eigenvalue weighted by molar-refractivity contribution is 5.88. The van der Waals surface area contributed by atoms with E-state index in [0.717, 1.165) is 18.8 Å². The van der Waals surface area contributed by atoms with E-state index in [-0.39, 0.29) is 6.79 Å². The number of anilines is 2. The van der Waals surface area contributed by atoms with E-state index < -0.39 is 0 Å². The molecule has 0 aliphatic carbocycles. The molecule has 0 radical (unpaired) electrons. The summed E-state index contributed by atoms with van der Waals surface area (Å²) in [5, 5.41) is 2.42. The van der Waals surface area contributed by atoms with Crippen molar-refractivity contribution in [2.45, 2.75) is 13.8 Å². The maximum atomic E-state index is 5.16. The van der Waals surface area contributed by atoms with Gasteiger partial charge in [0, 0.05) is 25.9 Å². The molecule has 0 unspecified atom stereocenters. The molecule has 0 spiro atoms. The molecule has 0 heterocycles. The van der Waals surface area contributed by atoms with E-state index >= 15 is 0 Å². The van der Waals surface area contributed by atoms with Gasteiger partial charge in [0.25, 0.3) is 0 Å². The first-order valence-electron chi connectivity index (χ1n) is 6.94. The van der Waals surface area contributed by atoms with Gasteiger partial charge in [-0.05, 0) is 48.9 Å². The predicted molar refractivity (Wildman–Crippen MR) is 84.1 cm³/mol. The molecule has 108 valence electrons. The zero-order chi connectivity index (χ0) is 14.4. The summed E-state index contributed by atoms with van der Waals surface area (Å²) in [5.74, 6) is 0. The smallest absolute Gasteiger partial charge is 0.172 e. The highest BCUT2D eigenvalue weighted by Crippen LogP contribution is 2.24. The molecule has 0 atom stereocenters. The zero-order valence-corrected chi connectivity index (χ0v) is 12.3. The predicted octanol–water partition coefficient (Wildman–Crippen LogP) is 3.63. The largest absolute Gasteiger partial charge is 0.372 e. The van der Waals surface area contributed by atoms with Crippen LogP contribution in [0.2, 0.25) is 0 Å². The van der Waals surface area contributed by atoms with E-state index in [1.165, 1.54) is 16.5 Å². The number of nitrogens with zero attached hydrogens (tertiary/aromatic N) is 1. The molecule has 0 saturated heterocycles. The van der Waals surface area contributed by atoms with Crippen molar-refractivity contribution in [1.82, 2.24) is 0 Å². The van der Waals surface area contributed by atoms with E-state index in [9.17, 15) is 0 Å². The Hall–Kier alpha value is -1.78. The summed E-state index contributed by atoms with van der Waals surface area (Å²) >= 11 is 0. The lowest BCUT2D eigenvalue weighted by Gasteiger charge is -2.21. The van der Waals surface area contributed by atoms with Gasteiger partial charge in [0.2, 0.25) is 0 Å². The van der Waals surface area contributed by atoms with Crippen LogP contribution in [0.4, 0.5) is 11.4 Å². The lowest BCUT2D eigenvalue weighted by Crippen LogP contribution is -2.21. The lowest BCUT2D eigenvalue weighted by molar-refractivity contribution is -0.00396. The van der Waals surface area contributed by atoms with Crippen LogP contribution >= 0.6 is 0 Å². The summed E-state index contributed by atoms with van der Waals surface area (Å²) in [5.41, 5.74) is 5.05. The molecule has 2 aromatic carbocycles. The van der Waals surface area contributed by atoms with E-state index in [0.29, 0.717) is 0 Å². The van der Waals surface area contributed by atoms with Crippen LogP contribution in [-0.2, 0) is 9.57 Å². The molecule has 20 heavy (non-hydrogen) atoms. The lowest BCUT2D eigenvalue weighted by atomic mass is 10.1. The number of methoxy groups -OCH3 is 1. The normalized spacial score (nSPS) is 10.8. The molecule has 2 rings (SSSR count). The summed E-state index contributed by atoms with van der Waals surface area (Å²) in [7, 11) is 1.60. The molecule has 4 nitrogen and oxygen atoms in total. The van der Waals surface area contributed by atoms with Crippen LogP contribution in [0.3, 0.4) is 0 Å². The van der Waals surface area contributed by atoms with Crippen LogP contribution in [0.15, 0.2) is 36.4 Å². The number of benzene rings is 2. The van der Waals surface area contributed by atoms with Gasteiger partial charge in [-0.15, -0.1) is 0 Å². The Morgan fingerprint density at radius 1 is 1.00 bits per heavy atom. The summed E-state index contributed by atoms with van der Waals surface area (Å²) < 4.78 is 4.84. The number of ether oxygens (including phenoxy) is 1. The van der Waals surface area contributed by atoms with E-state index in [4.69, 9.17) is 9.57 Å². The third-order valence-corrected chi connectivity index (χ3v) is 3.32. The van der Waals surface area contributed by atoms with Crippen molar-refractivity contribution in [1.29, 1.82) is 0 Å². The van der Waals surface area contributed by atoms with Crippen LogP contribution in [-0.4, -0.2) is 27.0 Å². The summed E-state index contributed by atoms with van der Waals surface area (Å²) in [6, 6.07) is 12.7. The van der Waals surface area contributed by atoms with Gasteiger partial charge in [-0.25, -0.2) is 4.84 Å². The number of nitrogens with one attached hydrogen (secondary N) is 1. The molecule has 0 aliphatic heterocycles. The number of fused-ring (bicyclic) bond motifs is 1. The fourth-order valence-electron chi connectivity index (χ4n) is 2.25. The number of hydrogen-bond acceptors (Lipinski definition) is 4. The van der Waals surface area contributed by atoms with Gasteiger partial charge in [-0.1, -0.05) is 12.1 Å². The highest BCUT2D eigenvalue weighted by Gasteiger charge is 2.03. The van der Waals surface area contributed by atoms with Crippen molar-refractivity contribution in [3.05, 3.63) is 36.4 Å². The average Bonchev–Trinajstić information content (AvgIpc) is 2.48. The first-order chi connectivity index (χ1) is 9.78. The Morgan fingerprint density at radius 3 is 2.45 bits per heavy atom. The molecule has 0 fully saturated rings. The standard InChI is InChI=1S/C16H22N2O2/c1-4-18(5-2)16-9-7-13-6-8-15(10-14(13)11-16)17-20-12-19-3/h6-11,17H,4-5,12H2,1-3H3. The highest BCUT2D eigenvalue weighted by atomic mass is 16.7. The van der Waals surface area contributed by atoms with Gasteiger partial charge in [0.1, 0.15) is 0 Å². The summed E-state index contributed by atoms with van der Waals surface area (Å²) in [6.07, 6.45) is 0. The Morgan fingerprint density at radius 2 is 1.75 bits per heavy atom. The zero-order valence-electron chi connectivity index (χ0n) is 12.3. The monoisotopic (exact) mass is 274 g/mol. The second-order valence-corrected chi connectivity index (χ2v) is 4.57. The van der Waals surface area contributed by atoms with Crippen molar-refractivity contribution < 1.29 is 9.57 Å². The Kier molecular flexibility index (Phi) is 5.21. The van der Waals surface area contributed by atoms with Crippen molar-refractivity contribution in [2.75, 3.05) is 37.4 Å². The maximum Gasteiger partial charge on any atom is 0.172 e. The Balaban J connectivity index is 2.24. The Bertz CT molecular complexity index is 553. The van der Waals surface area contributed by atoms with Crippen LogP contribution in [0.25, 0.3) is 10.8 Å². The van der Waals surface area contributed by atoms with E-state index in [1.54, 1.807) is 7.11 Å². The summed E-state index contributed by atoms with van der Waals surface area (Å²) in [6.45, 7) is 6.58.